The first-order valence-corrected chi connectivity index (χ1v) is 7.99. The molecule has 2 aromatic rings. The SMILES string of the molecule is Cc1c(Br)cccc1Nc1nc(Cl)nc(N2CCCC2)n1. The van der Waals surface area contributed by atoms with Crippen molar-refractivity contribution in [3.63, 3.8) is 0 Å². The van der Waals surface area contributed by atoms with E-state index in [-0.39, 0.29) is 5.28 Å². The number of hydrogen-bond acceptors (Lipinski definition) is 5. The number of hydrogen-bond donors (Lipinski definition) is 1. The summed E-state index contributed by atoms with van der Waals surface area (Å²) < 4.78 is 1.03. The van der Waals surface area contributed by atoms with Crippen LogP contribution in [-0.2, 0) is 0 Å². The van der Waals surface area contributed by atoms with Crippen molar-refractivity contribution < 1.29 is 0 Å². The standard InChI is InChI=1S/C14H15BrClN5/c1-9-10(15)5-4-6-11(9)17-13-18-12(16)19-14(20-13)21-7-2-3-8-21/h4-6H,2-3,7-8H2,1H3,(H,17,18,19,20). The predicted octanol–water partition coefficient (Wildman–Crippen LogP) is 3.94. The molecule has 21 heavy (non-hydrogen) atoms. The smallest absolute Gasteiger partial charge is 0.233 e. The van der Waals surface area contributed by atoms with E-state index in [2.05, 4.69) is 41.1 Å². The van der Waals surface area contributed by atoms with Crippen molar-refractivity contribution in [1.29, 1.82) is 0 Å². The van der Waals surface area contributed by atoms with Gasteiger partial charge < -0.3 is 10.2 Å². The minimum Gasteiger partial charge on any atom is -0.341 e. The number of aromatic nitrogens is 3. The first kappa shape index (κ1) is 14.5. The summed E-state index contributed by atoms with van der Waals surface area (Å²) in [6.45, 7) is 3.96. The maximum atomic E-state index is 6.03. The van der Waals surface area contributed by atoms with Gasteiger partial charge in [0.2, 0.25) is 17.2 Å². The number of rotatable bonds is 3. The molecule has 0 radical (unpaired) electrons. The molecule has 0 aliphatic carbocycles. The molecule has 7 heteroatoms. The topological polar surface area (TPSA) is 53.9 Å². The lowest BCUT2D eigenvalue weighted by atomic mass is 10.2. The van der Waals surface area contributed by atoms with Gasteiger partial charge >= 0.3 is 0 Å². The third kappa shape index (κ3) is 3.27. The summed E-state index contributed by atoms with van der Waals surface area (Å²) in [6, 6.07) is 5.94. The zero-order chi connectivity index (χ0) is 14.8. The minimum atomic E-state index is 0.210. The van der Waals surface area contributed by atoms with Crippen LogP contribution in [0.3, 0.4) is 0 Å². The van der Waals surface area contributed by atoms with Crippen LogP contribution in [0, 0.1) is 6.92 Å². The second-order valence-corrected chi connectivity index (χ2v) is 6.15. The molecule has 1 aliphatic heterocycles. The van der Waals surface area contributed by atoms with Gasteiger partial charge in [-0.2, -0.15) is 15.0 Å². The largest absolute Gasteiger partial charge is 0.341 e. The van der Waals surface area contributed by atoms with Crippen molar-refractivity contribution in [2.24, 2.45) is 0 Å². The van der Waals surface area contributed by atoms with Crippen LogP contribution in [0.2, 0.25) is 5.28 Å². The van der Waals surface area contributed by atoms with Crippen molar-refractivity contribution in [1.82, 2.24) is 15.0 Å². The first-order valence-electron chi connectivity index (χ1n) is 6.82. The van der Waals surface area contributed by atoms with Gasteiger partial charge in [0.05, 0.1) is 0 Å². The molecule has 1 saturated heterocycles. The van der Waals surface area contributed by atoms with Gasteiger partial charge in [-0.15, -0.1) is 0 Å². The Morgan fingerprint density at radius 2 is 1.95 bits per heavy atom. The fraction of sp³-hybridized carbons (Fsp3) is 0.357. The summed E-state index contributed by atoms with van der Waals surface area (Å²) in [6.07, 6.45) is 2.33. The average Bonchev–Trinajstić information content (AvgIpc) is 2.97. The zero-order valence-corrected chi connectivity index (χ0v) is 13.9. The van der Waals surface area contributed by atoms with Crippen LogP contribution in [0.1, 0.15) is 18.4 Å². The molecular weight excluding hydrogens is 354 g/mol. The van der Waals surface area contributed by atoms with Crippen LogP contribution >= 0.6 is 27.5 Å². The number of nitrogens with one attached hydrogen (secondary N) is 1. The van der Waals surface area contributed by atoms with Crippen LogP contribution in [0.4, 0.5) is 17.6 Å². The molecule has 1 N–H and O–H groups in total. The van der Waals surface area contributed by atoms with E-state index >= 15 is 0 Å². The number of anilines is 3. The molecular formula is C14H15BrClN5. The Bertz CT molecular complexity index is 658. The van der Waals surface area contributed by atoms with Crippen molar-refractivity contribution in [3.05, 3.63) is 33.5 Å². The summed E-state index contributed by atoms with van der Waals surface area (Å²) in [5.41, 5.74) is 2.04. The second-order valence-electron chi connectivity index (χ2n) is 4.96. The van der Waals surface area contributed by atoms with Gasteiger partial charge in [0.25, 0.3) is 0 Å². The third-order valence-electron chi connectivity index (χ3n) is 3.50. The molecule has 5 nitrogen and oxygen atoms in total. The van der Waals surface area contributed by atoms with E-state index in [0.717, 1.165) is 41.7 Å². The van der Waals surface area contributed by atoms with Gasteiger partial charge in [0.1, 0.15) is 0 Å². The zero-order valence-electron chi connectivity index (χ0n) is 11.6. The van der Waals surface area contributed by atoms with E-state index in [1.165, 1.54) is 0 Å². The average molecular weight is 369 g/mol. The molecule has 0 bridgehead atoms. The van der Waals surface area contributed by atoms with E-state index in [4.69, 9.17) is 11.6 Å². The molecule has 1 aromatic heterocycles. The highest BCUT2D eigenvalue weighted by Crippen LogP contribution is 2.26. The molecule has 1 aliphatic rings. The van der Waals surface area contributed by atoms with Crippen LogP contribution < -0.4 is 10.2 Å². The maximum absolute atomic E-state index is 6.03. The number of benzene rings is 1. The molecule has 0 saturated carbocycles. The lowest BCUT2D eigenvalue weighted by Gasteiger charge is -2.16. The van der Waals surface area contributed by atoms with Gasteiger partial charge in [-0.25, -0.2) is 0 Å². The molecule has 2 heterocycles. The monoisotopic (exact) mass is 367 g/mol. The van der Waals surface area contributed by atoms with Crippen molar-refractivity contribution in [2.75, 3.05) is 23.3 Å². The molecule has 1 fully saturated rings. The Hall–Kier alpha value is -1.40. The molecule has 1 aromatic carbocycles. The number of halogens is 2. The van der Waals surface area contributed by atoms with E-state index in [1.807, 2.05) is 25.1 Å². The van der Waals surface area contributed by atoms with E-state index in [0.29, 0.717) is 11.9 Å². The highest BCUT2D eigenvalue weighted by molar-refractivity contribution is 9.10. The van der Waals surface area contributed by atoms with Gasteiger partial charge in [0.15, 0.2) is 0 Å². The molecule has 110 valence electrons. The van der Waals surface area contributed by atoms with Crippen molar-refractivity contribution >= 4 is 45.1 Å². The van der Waals surface area contributed by atoms with Crippen molar-refractivity contribution in [3.8, 4) is 0 Å². The summed E-state index contributed by atoms with van der Waals surface area (Å²) >= 11 is 9.54. The third-order valence-corrected chi connectivity index (χ3v) is 4.53. The molecule has 0 spiro atoms. The van der Waals surface area contributed by atoms with Gasteiger partial charge in [-0.05, 0) is 49.1 Å². The van der Waals surface area contributed by atoms with Crippen LogP contribution in [0.25, 0.3) is 0 Å². The Balaban J connectivity index is 1.89. The summed E-state index contributed by atoms with van der Waals surface area (Å²) in [4.78, 5) is 15.0. The number of nitrogens with zero attached hydrogens (tertiary/aromatic N) is 4. The fourth-order valence-corrected chi connectivity index (χ4v) is 2.84. The van der Waals surface area contributed by atoms with E-state index < -0.39 is 0 Å². The summed E-state index contributed by atoms with van der Waals surface area (Å²) in [5.74, 6) is 1.11. The predicted molar refractivity (Wildman–Crippen MR) is 88.4 cm³/mol. The Morgan fingerprint density at radius 3 is 2.71 bits per heavy atom. The lowest BCUT2D eigenvalue weighted by molar-refractivity contribution is 0.883. The fourth-order valence-electron chi connectivity index (χ4n) is 2.32. The van der Waals surface area contributed by atoms with Gasteiger partial charge in [0, 0.05) is 23.2 Å². The molecule has 0 amide bonds. The van der Waals surface area contributed by atoms with E-state index in [1.54, 1.807) is 0 Å². The quantitative estimate of drug-likeness (QED) is 0.889. The molecule has 3 rings (SSSR count). The maximum Gasteiger partial charge on any atom is 0.233 e. The highest BCUT2D eigenvalue weighted by Gasteiger charge is 2.17. The Labute approximate surface area is 136 Å². The van der Waals surface area contributed by atoms with Gasteiger partial charge in [-0.3, -0.25) is 0 Å². The highest BCUT2D eigenvalue weighted by atomic mass is 79.9. The molecule has 0 unspecified atom stereocenters. The van der Waals surface area contributed by atoms with Crippen molar-refractivity contribution in [2.45, 2.75) is 19.8 Å². The summed E-state index contributed by atoms with van der Waals surface area (Å²) in [7, 11) is 0. The van der Waals surface area contributed by atoms with Gasteiger partial charge in [-0.1, -0.05) is 22.0 Å². The normalized spacial score (nSPS) is 14.5. The van der Waals surface area contributed by atoms with Crippen LogP contribution in [-0.4, -0.2) is 28.0 Å². The Kier molecular flexibility index (Phi) is 4.26. The Morgan fingerprint density at radius 1 is 1.19 bits per heavy atom. The molecule has 0 atom stereocenters. The summed E-state index contributed by atoms with van der Waals surface area (Å²) in [5, 5.41) is 3.42. The van der Waals surface area contributed by atoms with Crippen LogP contribution in [0.15, 0.2) is 22.7 Å². The second kappa shape index (κ2) is 6.15. The van der Waals surface area contributed by atoms with E-state index in [9.17, 15) is 0 Å². The van der Waals surface area contributed by atoms with Crippen LogP contribution in [0.5, 0.6) is 0 Å². The minimum absolute atomic E-state index is 0.210. The first-order chi connectivity index (χ1) is 10.1. The lowest BCUT2D eigenvalue weighted by Crippen LogP contribution is -2.21.